The normalized spacial score (nSPS) is 11.2. The molecule has 4 aromatic rings. The Hall–Kier alpha value is -1.37. The molecule has 2 aliphatic rings. The largest absolute Gasteiger partial charge is 2.00 e. The first-order chi connectivity index (χ1) is 13.9. The van der Waals surface area contributed by atoms with E-state index in [9.17, 15) is 0 Å². The van der Waals surface area contributed by atoms with Gasteiger partial charge in [0.1, 0.15) is 0 Å². The van der Waals surface area contributed by atoms with Crippen LogP contribution in [0.3, 0.4) is 0 Å². The van der Waals surface area contributed by atoms with Crippen molar-refractivity contribution in [3.8, 4) is 0 Å². The van der Waals surface area contributed by atoms with E-state index in [0.29, 0.717) is 0 Å². The summed E-state index contributed by atoms with van der Waals surface area (Å²) in [5.41, 5.74) is 0. The molecule has 160 valence electrons. The van der Waals surface area contributed by atoms with Crippen molar-refractivity contribution in [2.45, 2.75) is 12.8 Å². The van der Waals surface area contributed by atoms with E-state index < -0.39 is 0 Å². The van der Waals surface area contributed by atoms with E-state index in [1.54, 1.807) is 0 Å². The van der Waals surface area contributed by atoms with Crippen LogP contribution in [0.5, 0.6) is 0 Å². The molecule has 0 heterocycles. The molecule has 4 aromatic carbocycles. The number of allylic oxidation sites excluding steroid dienone is 8. The van der Waals surface area contributed by atoms with Crippen LogP contribution in [-0.4, -0.2) is 0 Å². The maximum absolute atomic E-state index is 2.99. The zero-order valence-corrected chi connectivity index (χ0v) is 22.4. The van der Waals surface area contributed by atoms with E-state index in [4.69, 9.17) is 0 Å². The number of halogens is 2. The van der Waals surface area contributed by atoms with Gasteiger partial charge in [-0.1, -0.05) is 12.1 Å². The molecule has 0 radical (unpaired) electrons. The quantitative estimate of drug-likeness (QED) is 0.242. The van der Waals surface area contributed by atoms with Crippen molar-refractivity contribution in [2.75, 3.05) is 0 Å². The van der Waals surface area contributed by atoms with Gasteiger partial charge in [0.25, 0.3) is 0 Å². The molecule has 0 saturated heterocycles. The molecule has 0 atom stereocenters. The van der Waals surface area contributed by atoms with Crippen LogP contribution in [0.2, 0.25) is 0 Å². The third kappa shape index (κ3) is 12.0. The van der Waals surface area contributed by atoms with Crippen LogP contribution in [0.15, 0.2) is 121 Å². The van der Waals surface area contributed by atoms with E-state index in [0.717, 1.165) is 12.8 Å². The number of fused-ring (bicyclic) bond motifs is 2. The molecule has 0 aliphatic heterocycles. The van der Waals surface area contributed by atoms with Crippen molar-refractivity contribution < 1.29 is 68.2 Å². The molecule has 4 heteroatoms. The Bertz CT molecular complexity index is 916. The molecule has 0 nitrogen and oxygen atoms in total. The minimum Gasteiger partial charge on any atom is -1.00 e. The minimum atomic E-state index is 0. The van der Waals surface area contributed by atoms with Gasteiger partial charge in [0.15, 0.2) is 0 Å². The predicted molar refractivity (Wildman–Crippen MR) is 122 cm³/mol. The molecular weight excluding hydrogens is 503 g/mol. The van der Waals surface area contributed by atoms with Gasteiger partial charge in [0, 0.05) is 0 Å². The average molecular weight is 527 g/mol. The molecule has 2 aliphatic carbocycles. The molecule has 0 unspecified atom stereocenters. The van der Waals surface area contributed by atoms with Crippen molar-refractivity contribution in [3.05, 3.63) is 134 Å². The smallest absolute Gasteiger partial charge is 1.00 e. The van der Waals surface area contributed by atoms with Gasteiger partial charge in [0.05, 0.1) is 0 Å². The summed E-state index contributed by atoms with van der Waals surface area (Å²) in [6, 6.07) is 29.3. The fourth-order valence-electron chi connectivity index (χ4n) is 2.82. The molecule has 0 fully saturated rings. The Labute approximate surface area is 234 Å². The maximum Gasteiger partial charge on any atom is 2.00 e. The Morgan fingerprint density at radius 1 is 0.562 bits per heavy atom. The van der Waals surface area contributed by atoms with E-state index in [2.05, 4.69) is 109 Å². The molecule has 0 spiro atoms. The molecule has 0 amide bonds. The van der Waals surface area contributed by atoms with Crippen LogP contribution in [-0.2, 0) is 43.4 Å². The summed E-state index contributed by atoms with van der Waals surface area (Å²) in [7, 11) is 0. The topological polar surface area (TPSA) is 0 Å². The Balaban J connectivity index is 0. The average Bonchev–Trinajstić information content (AvgIpc) is 3.56. The van der Waals surface area contributed by atoms with Gasteiger partial charge in [-0.3, -0.25) is 12.2 Å². The van der Waals surface area contributed by atoms with Gasteiger partial charge < -0.3 is 24.8 Å². The standard InChI is InChI=1S/2C9H7.2C5H5.2ClH.2Ti/c2*1-2-5-9-7-3-6-8(9)4-1;2*1-2-4-5-3-1;;;;/h2*1-7H;2*1-3H,4H2;2*1H;;/q4*-1;;;2*+2/p-2. The van der Waals surface area contributed by atoms with Crippen LogP contribution < -0.4 is 24.8 Å². The summed E-state index contributed by atoms with van der Waals surface area (Å²) < 4.78 is 0. The second-order valence-electron chi connectivity index (χ2n) is 6.32. The molecule has 0 N–H and O–H groups in total. The van der Waals surface area contributed by atoms with E-state index >= 15 is 0 Å². The Morgan fingerprint density at radius 2 is 0.969 bits per heavy atom. The maximum atomic E-state index is 2.99. The molecule has 6 rings (SSSR count). The number of hydrogen-bond acceptors (Lipinski definition) is 0. The van der Waals surface area contributed by atoms with Crippen LogP contribution in [0, 0.1) is 12.2 Å². The Morgan fingerprint density at radius 3 is 1.25 bits per heavy atom. The molecule has 0 saturated carbocycles. The fourth-order valence-corrected chi connectivity index (χ4v) is 2.82. The minimum absolute atomic E-state index is 0. The predicted octanol–water partition coefficient (Wildman–Crippen LogP) is 1.73. The first-order valence-electron chi connectivity index (χ1n) is 9.58. The van der Waals surface area contributed by atoms with Crippen molar-refractivity contribution in [3.63, 3.8) is 0 Å². The SMILES string of the molecule is [C-]1=CC=CC1.[C-]1=CC=CC1.[Cl-].[Cl-].[Ti+2].[Ti+2].c1ccc2[cH-]ccc2c1.c1ccc2[cH-]ccc2c1. The van der Waals surface area contributed by atoms with E-state index in [1.165, 1.54) is 21.5 Å². The number of hydrogen-bond donors (Lipinski definition) is 0. The van der Waals surface area contributed by atoms with Crippen molar-refractivity contribution >= 4 is 21.5 Å². The van der Waals surface area contributed by atoms with E-state index in [-0.39, 0.29) is 68.2 Å². The molecule has 0 aromatic heterocycles. The summed E-state index contributed by atoms with van der Waals surface area (Å²) in [6.07, 6.45) is 20.0. The second-order valence-corrected chi connectivity index (χ2v) is 6.32. The Kier molecular flexibility index (Phi) is 20.8. The van der Waals surface area contributed by atoms with Crippen molar-refractivity contribution in [1.29, 1.82) is 0 Å². The monoisotopic (exact) mass is 526 g/mol. The fraction of sp³-hybridized carbons (Fsp3) is 0.0714. The zero-order valence-electron chi connectivity index (χ0n) is 17.7. The second kappa shape index (κ2) is 20.3. The van der Waals surface area contributed by atoms with Crippen LogP contribution in [0.4, 0.5) is 0 Å². The third-order valence-electron chi connectivity index (χ3n) is 4.27. The van der Waals surface area contributed by atoms with Crippen molar-refractivity contribution in [2.24, 2.45) is 0 Å². The van der Waals surface area contributed by atoms with Crippen LogP contribution in [0.1, 0.15) is 12.8 Å². The first-order valence-corrected chi connectivity index (χ1v) is 9.58. The van der Waals surface area contributed by atoms with Gasteiger partial charge in [-0.25, -0.2) is 24.3 Å². The van der Waals surface area contributed by atoms with Gasteiger partial charge in [-0.05, 0) is 0 Å². The van der Waals surface area contributed by atoms with E-state index in [1.807, 2.05) is 24.3 Å². The summed E-state index contributed by atoms with van der Waals surface area (Å²) in [5.74, 6) is 0. The van der Waals surface area contributed by atoms with Crippen LogP contribution >= 0.6 is 0 Å². The molecule has 0 bridgehead atoms. The van der Waals surface area contributed by atoms with Crippen molar-refractivity contribution in [1.82, 2.24) is 0 Å². The summed E-state index contributed by atoms with van der Waals surface area (Å²) in [6.45, 7) is 0. The molecular formula is C28H24Cl2Ti2-2. The summed E-state index contributed by atoms with van der Waals surface area (Å²) in [5, 5.41) is 5.32. The van der Waals surface area contributed by atoms with Gasteiger partial charge >= 0.3 is 43.4 Å². The third-order valence-corrected chi connectivity index (χ3v) is 4.27. The number of rotatable bonds is 0. The first kappa shape index (κ1) is 32.8. The zero-order chi connectivity index (χ0) is 19.3. The van der Waals surface area contributed by atoms with Gasteiger partial charge in [0.2, 0.25) is 0 Å². The van der Waals surface area contributed by atoms with Gasteiger partial charge in [-0.15, -0.1) is 72.1 Å². The van der Waals surface area contributed by atoms with Gasteiger partial charge in [-0.2, -0.15) is 47.2 Å². The van der Waals surface area contributed by atoms with Crippen LogP contribution in [0.25, 0.3) is 21.5 Å². The summed E-state index contributed by atoms with van der Waals surface area (Å²) in [4.78, 5) is 0. The molecule has 32 heavy (non-hydrogen) atoms. The number of benzene rings is 2. The summed E-state index contributed by atoms with van der Waals surface area (Å²) >= 11 is 0.